The number of phenols is 1. The van der Waals surface area contributed by atoms with Gasteiger partial charge in [0, 0.05) is 19.0 Å². The average molecular weight is 399 g/mol. The maximum Gasteiger partial charge on any atom is 0.254 e. The lowest BCUT2D eigenvalue weighted by molar-refractivity contribution is 0.0577. The zero-order chi connectivity index (χ0) is 20.8. The number of hydrogen-bond donors (Lipinski definition) is 1. The van der Waals surface area contributed by atoms with Gasteiger partial charge in [0.25, 0.3) is 5.91 Å². The Kier molecular flexibility index (Phi) is 6.59. The topological polar surface area (TPSA) is 83.9 Å². The molecule has 7 heteroatoms. The molecule has 1 N–H and O–H groups in total. The molecule has 0 unspecified atom stereocenters. The Morgan fingerprint density at radius 3 is 2.66 bits per heavy atom. The molecule has 1 atom stereocenters. The lowest BCUT2D eigenvalue weighted by Crippen LogP contribution is -2.44. The van der Waals surface area contributed by atoms with E-state index in [2.05, 4.69) is 0 Å². The van der Waals surface area contributed by atoms with E-state index in [0.29, 0.717) is 25.5 Å². The summed E-state index contributed by atoms with van der Waals surface area (Å²) in [5.74, 6) is -0.961. The number of benzene rings is 2. The van der Waals surface area contributed by atoms with Crippen LogP contribution in [0.2, 0.25) is 0 Å². The van der Waals surface area contributed by atoms with Gasteiger partial charge in [0.05, 0.1) is 23.3 Å². The van der Waals surface area contributed by atoms with Crippen molar-refractivity contribution < 1.29 is 28.6 Å². The van der Waals surface area contributed by atoms with E-state index in [1.165, 1.54) is 18.2 Å². The zero-order valence-corrected chi connectivity index (χ0v) is 15.8. The third-order valence-electron chi connectivity index (χ3n) is 5.16. The summed E-state index contributed by atoms with van der Waals surface area (Å²) in [7, 11) is 0. The summed E-state index contributed by atoms with van der Waals surface area (Å²) in [5.41, 5.74) is -0.0861. The molecule has 6 nitrogen and oxygen atoms in total. The fourth-order valence-electron chi connectivity index (χ4n) is 3.65. The normalized spacial score (nSPS) is 16.3. The molecular weight excluding hydrogens is 377 g/mol. The van der Waals surface area contributed by atoms with Crippen molar-refractivity contribution in [1.82, 2.24) is 4.90 Å². The van der Waals surface area contributed by atoms with Crippen LogP contribution in [0.4, 0.5) is 4.39 Å². The summed E-state index contributed by atoms with van der Waals surface area (Å²) < 4.78 is 19.6. The van der Waals surface area contributed by atoms with E-state index in [1.54, 1.807) is 17.0 Å². The van der Waals surface area contributed by atoms with Gasteiger partial charge < -0.3 is 14.7 Å². The second-order valence-electron chi connectivity index (χ2n) is 6.91. The summed E-state index contributed by atoms with van der Waals surface area (Å²) in [4.78, 5) is 37.1. The number of carbonyl (C=O) groups is 3. The van der Waals surface area contributed by atoms with Crippen molar-refractivity contribution >= 4 is 18.5 Å². The van der Waals surface area contributed by atoms with Crippen LogP contribution >= 0.6 is 0 Å². The fourth-order valence-corrected chi connectivity index (χ4v) is 3.65. The second-order valence-corrected chi connectivity index (χ2v) is 6.91. The molecule has 1 fully saturated rings. The van der Waals surface area contributed by atoms with Crippen LogP contribution in [0, 0.1) is 5.82 Å². The quantitative estimate of drug-likeness (QED) is 0.719. The molecule has 0 spiro atoms. The molecule has 2 aromatic rings. The van der Waals surface area contributed by atoms with Crippen LogP contribution in [0.3, 0.4) is 0 Å². The SMILES string of the molecule is O=Cc1c(O)cccc1OCC[C@@H]1CCCCN1C(=O)c1cccc(F)c1C=O. The number of hydrogen-bond acceptors (Lipinski definition) is 5. The molecule has 0 bridgehead atoms. The highest BCUT2D eigenvalue weighted by Gasteiger charge is 2.29. The summed E-state index contributed by atoms with van der Waals surface area (Å²) in [6.45, 7) is 0.756. The third kappa shape index (κ3) is 4.45. The van der Waals surface area contributed by atoms with E-state index in [4.69, 9.17) is 4.74 Å². The van der Waals surface area contributed by atoms with Crippen LogP contribution < -0.4 is 4.74 Å². The molecule has 1 heterocycles. The number of aldehydes is 2. The third-order valence-corrected chi connectivity index (χ3v) is 5.16. The number of rotatable bonds is 7. The number of likely N-dealkylation sites (tertiary alicyclic amines) is 1. The molecule has 152 valence electrons. The molecule has 2 aromatic carbocycles. The van der Waals surface area contributed by atoms with E-state index < -0.39 is 5.82 Å². The molecule has 29 heavy (non-hydrogen) atoms. The van der Waals surface area contributed by atoms with Crippen LogP contribution in [0.5, 0.6) is 11.5 Å². The van der Waals surface area contributed by atoms with Crippen LogP contribution in [0.25, 0.3) is 0 Å². The first-order chi connectivity index (χ1) is 14.1. The predicted octanol–water partition coefficient (Wildman–Crippen LogP) is 3.62. The first-order valence-electron chi connectivity index (χ1n) is 9.51. The van der Waals surface area contributed by atoms with Crippen molar-refractivity contribution in [2.75, 3.05) is 13.2 Å². The van der Waals surface area contributed by atoms with Gasteiger partial charge >= 0.3 is 0 Å². The van der Waals surface area contributed by atoms with Gasteiger partial charge in [-0.2, -0.15) is 0 Å². The molecule has 1 aliphatic heterocycles. The molecule has 0 aliphatic carbocycles. The van der Waals surface area contributed by atoms with Crippen molar-refractivity contribution in [1.29, 1.82) is 0 Å². The van der Waals surface area contributed by atoms with Gasteiger partial charge in [-0.15, -0.1) is 0 Å². The van der Waals surface area contributed by atoms with Gasteiger partial charge in [-0.05, 0) is 43.5 Å². The number of carbonyl (C=O) groups excluding carboxylic acids is 3. The largest absolute Gasteiger partial charge is 0.507 e. The minimum absolute atomic E-state index is 0.0593. The van der Waals surface area contributed by atoms with Gasteiger partial charge in [0.1, 0.15) is 17.3 Å². The van der Waals surface area contributed by atoms with Gasteiger partial charge in [-0.1, -0.05) is 12.1 Å². The van der Waals surface area contributed by atoms with Crippen LogP contribution in [0.15, 0.2) is 36.4 Å². The minimum atomic E-state index is -0.715. The first kappa shape index (κ1) is 20.5. The molecule has 1 amide bonds. The van der Waals surface area contributed by atoms with Crippen molar-refractivity contribution in [3.63, 3.8) is 0 Å². The summed E-state index contributed by atoms with van der Waals surface area (Å²) in [6, 6.07) is 8.48. The summed E-state index contributed by atoms with van der Waals surface area (Å²) >= 11 is 0. The minimum Gasteiger partial charge on any atom is -0.507 e. The predicted molar refractivity (Wildman–Crippen MR) is 104 cm³/mol. The zero-order valence-electron chi connectivity index (χ0n) is 15.8. The van der Waals surface area contributed by atoms with Gasteiger partial charge in [-0.25, -0.2) is 4.39 Å². The number of halogens is 1. The van der Waals surface area contributed by atoms with Crippen molar-refractivity contribution in [2.45, 2.75) is 31.7 Å². The number of amides is 1. The molecule has 0 saturated carbocycles. The molecule has 1 saturated heterocycles. The summed E-state index contributed by atoms with van der Waals surface area (Å²) in [6.07, 6.45) is 3.95. The Balaban J connectivity index is 1.71. The fraction of sp³-hybridized carbons (Fsp3) is 0.318. The second kappa shape index (κ2) is 9.32. The highest BCUT2D eigenvalue weighted by molar-refractivity contribution is 6.01. The van der Waals surface area contributed by atoms with Crippen LogP contribution in [-0.2, 0) is 0 Å². The van der Waals surface area contributed by atoms with E-state index in [1.807, 2.05) is 0 Å². The molecule has 0 aromatic heterocycles. The van der Waals surface area contributed by atoms with Gasteiger partial charge in [0.15, 0.2) is 12.6 Å². The Hall–Kier alpha value is -3.22. The number of nitrogens with zero attached hydrogens (tertiary/aromatic N) is 1. The van der Waals surface area contributed by atoms with Crippen LogP contribution in [-0.4, -0.2) is 47.7 Å². The Bertz CT molecular complexity index is 914. The standard InChI is InChI=1S/C22H22FNO5/c23-19-7-3-6-16(17(19)13-25)22(28)24-11-2-1-5-15(24)10-12-29-21-9-4-8-20(27)18(21)14-26/h3-4,6-9,13-15,27H,1-2,5,10-12H2/t15-/m0/s1. The first-order valence-corrected chi connectivity index (χ1v) is 9.51. The van der Waals surface area contributed by atoms with E-state index in [9.17, 15) is 23.9 Å². The lowest BCUT2D eigenvalue weighted by atomic mass is 9.97. The van der Waals surface area contributed by atoms with Crippen LogP contribution in [0.1, 0.15) is 56.8 Å². The average Bonchev–Trinajstić information content (AvgIpc) is 2.73. The Morgan fingerprint density at radius 1 is 1.14 bits per heavy atom. The molecule has 3 rings (SSSR count). The molecule has 0 radical (unpaired) electrons. The van der Waals surface area contributed by atoms with E-state index in [0.717, 1.165) is 25.3 Å². The Labute approximate surface area is 167 Å². The lowest BCUT2D eigenvalue weighted by Gasteiger charge is -2.36. The maximum atomic E-state index is 13.9. The molecular formula is C22H22FNO5. The van der Waals surface area contributed by atoms with Gasteiger partial charge in [-0.3, -0.25) is 14.4 Å². The molecule has 1 aliphatic rings. The highest BCUT2D eigenvalue weighted by atomic mass is 19.1. The maximum absolute atomic E-state index is 13.9. The van der Waals surface area contributed by atoms with E-state index in [-0.39, 0.29) is 46.7 Å². The number of phenolic OH excluding ortho intramolecular Hbond substituents is 1. The highest BCUT2D eigenvalue weighted by Crippen LogP contribution is 2.27. The monoisotopic (exact) mass is 399 g/mol. The van der Waals surface area contributed by atoms with Crippen molar-refractivity contribution in [3.05, 3.63) is 58.9 Å². The van der Waals surface area contributed by atoms with E-state index >= 15 is 0 Å². The number of piperidine rings is 1. The van der Waals surface area contributed by atoms with Crippen molar-refractivity contribution in [3.8, 4) is 11.5 Å². The summed E-state index contributed by atoms with van der Waals surface area (Å²) in [5, 5.41) is 9.73. The number of ether oxygens (including phenoxy) is 1. The number of aromatic hydroxyl groups is 1. The Morgan fingerprint density at radius 2 is 1.90 bits per heavy atom. The van der Waals surface area contributed by atoms with Crippen molar-refractivity contribution in [2.24, 2.45) is 0 Å². The smallest absolute Gasteiger partial charge is 0.254 e. The van der Waals surface area contributed by atoms with Gasteiger partial charge in [0.2, 0.25) is 0 Å².